The molecule has 33 heavy (non-hydrogen) atoms. The summed E-state index contributed by atoms with van der Waals surface area (Å²) in [4.78, 5) is 51.2. The maximum Gasteiger partial charge on any atom is 0.334 e. The Morgan fingerprint density at radius 1 is 1.18 bits per heavy atom. The monoisotopic (exact) mass is 465 g/mol. The van der Waals surface area contributed by atoms with Crippen LogP contribution >= 0.6 is 0 Å². The number of halogens is 1. The second kappa shape index (κ2) is 11.6. The fraction of sp³-hybridized carbons (Fsp3) is 0.545. The highest BCUT2D eigenvalue weighted by atomic mass is 19.1. The minimum absolute atomic E-state index is 0.123. The smallest absolute Gasteiger partial charge is 0.334 e. The number of rotatable bonds is 9. The molecule has 0 bridgehead atoms. The highest BCUT2D eigenvalue weighted by Crippen LogP contribution is 2.21. The number of carbonyl (C=O) groups is 4. The van der Waals surface area contributed by atoms with Crippen LogP contribution < -0.4 is 10.6 Å². The normalized spacial score (nSPS) is 17.8. The van der Waals surface area contributed by atoms with E-state index in [9.17, 15) is 28.7 Å². The Bertz CT molecular complexity index is 863. The molecule has 182 valence electrons. The van der Waals surface area contributed by atoms with E-state index < -0.39 is 42.4 Å². The number of carboxylic acids is 1. The fourth-order valence-electron chi connectivity index (χ4n) is 3.67. The molecule has 11 heteroatoms. The van der Waals surface area contributed by atoms with Gasteiger partial charge in [0.1, 0.15) is 18.0 Å². The highest BCUT2D eigenvalue weighted by Gasteiger charge is 2.43. The van der Waals surface area contributed by atoms with Crippen molar-refractivity contribution in [2.24, 2.45) is 5.92 Å². The first-order chi connectivity index (χ1) is 15.5. The summed E-state index contributed by atoms with van der Waals surface area (Å²) in [7, 11) is 1.55. The summed E-state index contributed by atoms with van der Waals surface area (Å²) in [5.41, 5.74) is 0.679. The number of likely N-dealkylation sites (N-methyl/N-ethyl adjacent to an activating group) is 1. The van der Waals surface area contributed by atoms with Gasteiger partial charge in [0, 0.05) is 20.1 Å². The molecule has 0 unspecified atom stereocenters. The van der Waals surface area contributed by atoms with Crippen LogP contribution in [-0.2, 0) is 20.9 Å². The molecule has 1 aliphatic rings. The summed E-state index contributed by atoms with van der Waals surface area (Å²) in [6.45, 7) is 5.82. The topological polar surface area (TPSA) is 122 Å². The third kappa shape index (κ3) is 7.14. The minimum atomic E-state index is -1.27. The van der Waals surface area contributed by atoms with E-state index >= 15 is 0 Å². The molecule has 0 aromatic heterocycles. The van der Waals surface area contributed by atoms with E-state index in [1.54, 1.807) is 26.1 Å². The summed E-state index contributed by atoms with van der Waals surface area (Å²) >= 11 is 0. The maximum atomic E-state index is 13.1. The lowest BCUT2D eigenvalue weighted by Crippen LogP contribution is -2.69. The van der Waals surface area contributed by atoms with E-state index in [1.807, 2.05) is 13.8 Å². The number of hydrazine groups is 1. The molecular formula is C22H32FN5O5. The van der Waals surface area contributed by atoms with Crippen molar-refractivity contribution in [2.45, 2.75) is 52.4 Å². The Hall–Kier alpha value is -3.21. The number of benzene rings is 1. The summed E-state index contributed by atoms with van der Waals surface area (Å²) < 4.78 is 13.1. The van der Waals surface area contributed by atoms with Crippen molar-refractivity contribution >= 4 is 23.8 Å². The van der Waals surface area contributed by atoms with Gasteiger partial charge >= 0.3 is 12.0 Å². The van der Waals surface area contributed by atoms with Gasteiger partial charge < -0.3 is 20.6 Å². The molecule has 1 aromatic rings. The number of amides is 4. The summed E-state index contributed by atoms with van der Waals surface area (Å²) in [5.74, 6) is -2.31. The van der Waals surface area contributed by atoms with E-state index in [-0.39, 0.29) is 18.9 Å². The van der Waals surface area contributed by atoms with Crippen LogP contribution in [0.4, 0.5) is 9.18 Å². The Kier molecular flexibility index (Phi) is 9.15. The van der Waals surface area contributed by atoms with E-state index in [0.29, 0.717) is 24.4 Å². The lowest BCUT2D eigenvalue weighted by molar-refractivity contribution is -0.171. The number of carboxylic acid groups (broad SMARTS) is 1. The number of carbonyl (C=O) groups excluding carboxylic acids is 3. The molecule has 10 nitrogen and oxygen atoms in total. The first-order valence-electron chi connectivity index (χ1n) is 10.8. The van der Waals surface area contributed by atoms with E-state index in [4.69, 9.17) is 0 Å². The molecule has 0 spiro atoms. The van der Waals surface area contributed by atoms with Crippen LogP contribution in [0.5, 0.6) is 0 Å². The van der Waals surface area contributed by atoms with Crippen molar-refractivity contribution in [1.29, 1.82) is 0 Å². The molecule has 1 aliphatic heterocycles. The number of urea groups is 1. The van der Waals surface area contributed by atoms with Crippen LogP contribution in [0, 0.1) is 11.7 Å². The van der Waals surface area contributed by atoms with Gasteiger partial charge in [-0.1, -0.05) is 26.0 Å². The lowest BCUT2D eigenvalue weighted by Gasteiger charge is -2.48. The molecule has 1 aromatic carbocycles. The number of nitrogens with zero attached hydrogens (tertiary/aromatic N) is 3. The molecule has 3 N–H and O–H groups in total. The molecule has 4 amide bonds. The second-order valence-electron chi connectivity index (χ2n) is 8.47. The van der Waals surface area contributed by atoms with Gasteiger partial charge in [-0.15, -0.1) is 0 Å². The quantitative estimate of drug-likeness (QED) is 0.507. The van der Waals surface area contributed by atoms with Crippen LogP contribution in [0.2, 0.25) is 0 Å². The largest absolute Gasteiger partial charge is 0.481 e. The van der Waals surface area contributed by atoms with Crippen LogP contribution in [0.3, 0.4) is 0 Å². The van der Waals surface area contributed by atoms with Crippen LogP contribution in [0.1, 0.15) is 39.2 Å². The van der Waals surface area contributed by atoms with Crippen molar-refractivity contribution in [2.75, 3.05) is 20.1 Å². The highest BCUT2D eigenvalue weighted by molar-refractivity contribution is 5.92. The second-order valence-corrected chi connectivity index (χ2v) is 8.47. The molecule has 2 atom stereocenters. The molecule has 1 heterocycles. The van der Waals surface area contributed by atoms with Crippen molar-refractivity contribution in [1.82, 2.24) is 25.6 Å². The predicted molar refractivity (Wildman–Crippen MR) is 118 cm³/mol. The summed E-state index contributed by atoms with van der Waals surface area (Å²) in [6, 6.07) is 3.84. The van der Waals surface area contributed by atoms with Crippen LogP contribution in [-0.4, -0.2) is 76.2 Å². The third-order valence-electron chi connectivity index (χ3n) is 5.37. The van der Waals surface area contributed by atoms with Crippen LogP contribution in [0.25, 0.3) is 0 Å². The molecule has 2 rings (SSSR count). The molecule has 0 radical (unpaired) electrons. The molecule has 0 aliphatic carbocycles. The zero-order valence-electron chi connectivity index (χ0n) is 19.4. The maximum absolute atomic E-state index is 13.1. The van der Waals surface area contributed by atoms with Crippen LogP contribution in [0.15, 0.2) is 24.3 Å². The van der Waals surface area contributed by atoms with Crippen molar-refractivity contribution in [3.8, 4) is 0 Å². The lowest BCUT2D eigenvalue weighted by atomic mass is 10.1. The van der Waals surface area contributed by atoms with Gasteiger partial charge in [-0.25, -0.2) is 19.2 Å². The predicted octanol–water partition coefficient (Wildman–Crippen LogP) is 1.38. The van der Waals surface area contributed by atoms with Gasteiger partial charge in [-0.2, -0.15) is 0 Å². The van der Waals surface area contributed by atoms with Gasteiger partial charge in [0.25, 0.3) is 0 Å². The molecular weight excluding hydrogens is 433 g/mol. The van der Waals surface area contributed by atoms with Gasteiger partial charge in [-0.05, 0) is 37.0 Å². The molecule has 0 saturated carbocycles. The van der Waals surface area contributed by atoms with Gasteiger partial charge in [-0.3, -0.25) is 14.4 Å². The summed E-state index contributed by atoms with van der Waals surface area (Å²) in [6.07, 6.45) is -0.793. The molecule has 1 saturated heterocycles. The average molecular weight is 466 g/mol. The number of hydrogen-bond acceptors (Lipinski definition) is 5. The number of aliphatic carboxylic acids is 1. The first kappa shape index (κ1) is 26.0. The summed E-state index contributed by atoms with van der Waals surface area (Å²) in [5, 5.41) is 17.5. The Labute approximate surface area is 192 Å². The number of nitrogens with one attached hydrogen (secondary N) is 2. The van der Waals surface area contributed by atoms with Crippen molar-refractivity contribution in [3.05, 3.63) is 35.6 Å². The van der Waals surface area contributed by atoms with Crippen molar-refractivity contribution in [3.63, 3.8) is 0 Å². The number of hydrogen-bond donors (Lipinski definition) is 3. The third-order valence-corrected chi connectivity index (χ3v) is 5.37. The van der Waals surface area contributed by atoms with Gasteiger partial charge in [0.05, 0.1) is 13.0 Å². The molecule has 1 fully saturated rings. The SMILES string of the molecule is CC(C)CCNC(=O)[C@H](CC(=O)O)N1C(=O)CN(C)N(C(=O)NCc2ccc(F)cc2)[C@H]1C. The van der Waals surface area contributed by atoms with Crippen molar-refractivity contribution < 1.29 is 28.7 Å². The standard InChI is InChI=1S/C22H32FN5O5/c1-14(2)9-10-24-21(32)18(11-20(30)31)27-15(3)28(26(4)13-19(27)29)22(33)25-12-16-5-7-17(23)8-6-16/h5-8,14-15,18H,9-13H2,1-4H3,(H,24,32)(H,25,33)(H,30,31)/t15-,18-/m0/s1. The average Bonchev–Trinajstić information content (AvgIpc) is 2.71. The Balaban J connectivity index is 2.17. The van der Waals surface area contributed by atoms with E-state index in [0.717, 1.165) is 4.90 Å². The zero-order valence-corrected chi connectivity index (χ0v) is 19.4. The van der Waals surface area contributed by atoms with Gasteiger partial charge in [0.2, 0.25) is 11.8 Å². The minimum Gasteiger partial charge on any atom is -0.481 e. The Morgan fingerprint density at radius 2 is 1.82 bits per heavy atom. The zero-order chi connectivity index (χ0) is 24.7. The van der Waals surface area contributed by atoms with Gasteiger partial charge in [0.15, 0.2) is 0 Å². The fourth-order valence-corrected chi connectivity index (χ4v) is 3.67. The van der Waals surface area contributed by atoms with E-state index in [1.165, 1.54) is 22.2 Å². The van der Waals surface area contributed by atoms with E-state index in [2.05, 4.69) is 10.6 Å². The first-order valence-corrected chi connectivity index (χ1v) is 10.8. The Morgan fingerprint density at radius 3 is 2.39 bits per heavy atom.